The Morgan fingerprint density at radius 3 is 2.26 bits per heavy atom. The number of rotatable bonds is 13. The number of carbonyl (C=O) groups excluding carboxylic acids is 1. The Morgan fingerprint density at radius 1 is 1.02 bits per heavy atom. The van der Waals surface area contributed by atoms with E-state index in [0.29, 0.717) is 58.8 Å². The topological polar surface area (TPSA) is 107 Å². The second-order valence-corrected chi connectivity index (χ2v) is 27.5. The predicted molar refractivity (Wildman–Crippen MR) is 204 cm³/mol. The largest absolute Gasteiger partial charge is 0.494 e. The molecule has 50 heavy (non-hydrogen) atoms. The minimum atomic E-state index is -2.31. The summed E-state index contributed by atoms with van der Waals surface area (Å²) in [6.45, 7) is 16.1. The molecule has 5 rings (SSSR count). The van der Waals surface area contributed by atoms with Crippen LogP contribution in [0.4, 0.5) is 10.8 Å². The molecule has 12 heteroatoms. The van der Waals surface area contributed by atoms with Gasteiger partial charge in [0.1, 0.15) is 22.6 Å². The van der Waals surface area contributed by atoms with Crippen LogP contribution in [0.15, 0.2) is 51.8 Å². The monoisotopic (exact) mass is 817 g/mol. The molecule has 1 aliphatic rings. The predicted octanol–water partition coefficient (Wildman–Crippen LogP) is 9.73. The number of amides is 1. The van der Waals surface area contributed by atoms with Crippen LogP contribution in [0.2, 0.25) is 18.3 Å². The number of unbranched alkanes of at least 4 members (excludes halogenated alkanes) is 3. The van der Waals surface area contributed by atoms with Gasteiger partial charge in [0.15, 0.2) is 5.58 Å². The number of hydrogen-bond donors (Lipinski definition) is 0. The Morgan fingerprint density at radius 2 is 1.70 bits per heavy atom. The van der Waals surface area contributed by atoms with E-state index >= 15 is 0 Å². The van der Waals surface area contributed by atoms with Gasteiger partial charge in [-0.05, 0) is 52.0 Å². The number of fused-ring (bicyclic) bond motifs is 1. The van der Waals surface area contributed by atoms with Crippen LogP contribution in [0.25, 0.3) is 22.4 Å². The molecule has 0 spiro atoms. The molecule has 1 atom stereocenters. The smallest absolute Gasteiger partial charge is 0.410 e. The molecule has 0 radical (unpaired) electrons. The fourth-order valence-electron chi connectivity index (χ4n) is 6.50. The van der Waals surface area contributed by atoms with Gasteiger partial charge < -0.3 is 23.7 Å². The molecule has 0 bridgehead atoms. The van der Waals surface area contributed by atoms with Gasteiger partial charge in [-0.15, -0.1) is 0 Å². The number of aromatic nitrogens is 3. The van der Waals surface area contributed by atoms with Crippen molar-refractivity contribution >= 4 is 57.1 Å². The first-order valence-electron chi connectivity index (χ1n) is 18.2. The molecule has 1 aliphatic heterocycles. The Kier molecular flexibility index (Phi) is 14.7. The summed E-state index contributed by atoms with van der Waals surface area (Å²) < 4.78 is 28.5. The van der Waals surface area contributed by atoms with Crippen molar-refractivity contribution in [1.82, 2.24) is 19.9 Å². The van der Waals surface area contributed by atoms with E-state index in [2.05, 4.69) is 30.7 Å². The number of anilines is 1. The first-order chi connectivity index (χ1) is 23.9. The zero-order valence-corrected chi connectivity index (χ0v) is 34.9. The fraction of sp³-hybridized carbons (Fsp3) is 0.579. The molecular weight excluding hydrogens is 761 g/mol. The van der Waals surface area contributed by atoms with Crippen molar-refractivity contribution in [1.29, 1.82) is 0 Å². The summed E-state index contributed by atoms with van der Waals surface area (Å²) in [7, 11) is 1.60. The molecule has 0 unspecified atom stereocenters. The molecule has 0 saturated carbocycles. The summed E-state index contributed by atoms with van der Waals surface area (Å²) >= 11 is 4.07. The van der Waals surface area contributed by atoms with Gasteiger partial charge in [-0.1, -0.05) is 11.6 Å². The third kappa shape index (κ3) is 10.3. The minimum absolute atomic E-state index is 0.00682. The normalized spacial score (nSPS) is 15.2. The van der Waals surface area contributed by atoms with Crippen LogP contribution in [-0.2, 0) is 4.74 Å². The van der Waals surface area contributed by atoms with Crippen molar-refractivity contribution in [2.75, 3.05) is 31.6 Å². The quantitative estimate of drug-likeness (QED) is 0.122. The number of oxazole rings is 2. The average molecular weight is 817 g/mol. The zero-order chi connectivity index (χ0) is 36.3. The van der Waals surface area contributed by atoms with Crippen LogP contribution in [0.3, 0.4) is 0 Å². The molecule has 10 nitrogen and oxygen atoms in total. The number of hydrogen-bond acceptors (Lipinski definition) is 9. The maximum absolute atomic E-state index is 12.5. The first kappa shape index (κ1) is 39.8. The van der Waals surface area contributed by atoms with Crippen LogP contribution >= 0.6 is 11.6 Å². The second-order valence-electron chi connectivity index (χ2n) is 14.2. The van der Waals surface area contributed by atoms with Crippen LogP contribution < -0.4 is 13.5 Å². The minimum Gasteiger partial charge on any atom is -0.494 e. The van der Waals surface area contributed by atoms with Gasteiger partial charge in [-0.2, -0.15) is 4.98 Å². The maximum Gasteiger partial charge on any atom is 0.410 e. The van der Waals surface area contributed by atoms with Crippen LogP contribution in [-0.4, -0.2) is 82.7 Å². The Balaban J connectivity index is 0.000000266. The van der Waals surface area contributed by atoms with Gasteiger partial charge in [-0.3, -0.25) is 4.98 Å². The maximum atomic E-state index is 12.5. The summed E-state index contributed by atoms with van der Waals surface area (Å²) in [5.41, 5.74) is 2.04. The van der Waals surface area contributed by atoms with E-state index in [1.165, 1.54) is 55.7 Å². The zero-order valence-electron chi connectivity index (χ0n) is 31.3. The molecule has 4 aromatic rings. The van der Waals surface area contributed by atoms with Gasteiger partial charge in [0, 0.05) is 36.9 Å². The van der Waals surface area contributed by atoms with Gasteiger partial charge in [-0.25, -0.2) is 4.79 Å². The van der Waals surface area contributed by atoms with E-state index in [0.717, 1.165) is 0 Å². The summed E-state index contributed by atoms with van der Waals surface area (Å²) in [5, 5.41) is 0.530. The van der Waals surface area contributed by atoms with Gasteiger partial charge in [0.2, 0.25) is 0 Å². The van der Waals surface area contributed by atoms with Gasteiger partial charge in [0.25, 0.3) is 6.01 Å². The van der Waals surface area contributed by atoms with E-state index < -0.39 is 24.0 Å². The number of halogens is 1. The molecule has 0 N–H and O–H groups in total. The van der Waals surface area contributed by atoms with E-state index in [1.54, 1.807) is 36.6 Å². The average Bonchev–Trinajstić information content (AvgIpc) is 3.79. The summed E-state index contributed by atoms with van der Waals surface area (Å²) in [5.74, 6) is 0.619. The molecule has 274 valence electrons. The van der Waals surface area contributed by atoms with Crippen LogP contribution in [0, 0.1) is 0 Å². The summed E-state index contributed by atoms with van der Waals surface area (Å²) in [4.78, 5) is 30.0. The van der Waals surface area contributed by atoms with Crippen LogP contribution in [0.1, 0.15) is 87.0 Å². The van der Waals surface area contributed by atoms with Crippen molar-refractivity contribution in [3.8, 4) is 17.0 Å². The molecular formula is C38H56ClN5O5Sn. The third-order valence-corrected chi connectivity index (χ3v) is 23.9. The van der Waals surface area contributed by atoms with Gasteiger partial charge >= 0.3 is 123 Å². The number of pyridine rings is 1. The number of piperazine rings is 1. The molecule has 3 aromatic heterocycles. The number of nitrogens with zero attached hydrogens (tertiary/aromatic N) is 5. The fourth-order valence-corrected chi connectivity index (χ4v) is 21.4. The van der Waals surface area contributed by atoms with E-state index in [4.69, 9.17) is 34.9 Å². The summed E-state index contributed by atoms with van der Waals surface area (Å²) in [6, 6.07) is 7.69. The molecule has 1 amide bonds. The molecule has 1 fully saturated rings. The van der Waals surface area contributed by atoms with Gasteiger partial charge in [0.05, 0.1) is 12.7 Å². The summed E-state index contributed by atoms with van der Waals surface area (Å²) in [6.07, 6.45) is 13.0. The van der Waals surface area contributed by atoms with Crippen molar-refractivity contribution in [2.24, 2.45) is 0 Å². The molecule has 0 aliphatic carbocycles. The Hall–Kier alpha value is -2.99. The standard InChI is InChI=1S/C23H27ClN4O4.3C4H9.C3H2NO.Sn/c1-14-13-27(22(29)32-23(2,3)4)9-10-28(14)21-26-17-12-15(24)11-16(20(17)31-21)19-18(30-5)7-6-8-25-19;3*1-3-4-2;1-2-5-3-4-1;/h6-8,11-12,14H,9-10,13H2,1-5H3;3*1,3-4H2,2H3;1-2H;/t14-;;;;;/m0...../s1. The van der Waals surface area contributed by atoms with E-state index in [-0.39, 0.29) is 12.1 Å². The van der Waals surface area contributed by atoms with Crippen molar-refractivity contribution < 1.29 is 23.1 Å². The molecule has 1 saturated heterocycles. The number of methoxy groups -OCH3 is 1. The van der Waals surface area contributed by atoms with E-state index in [9.17, 15) is 4.79 Å². The van der Waals surface area contributed by atoms with Crippen molar-refractivity contribution in [2.45, 2.75) is 112 Å². The second kappa shape index (κ2) is 18.5. The Labute approximate surface area is 307 Å². The van der Waals surface area contributed by atoms with Crippen molar-refractivity contribution in [3.05, 3.63) is 47.9 Å². The number of carbonyl (C=O) groups is 1. The van der Waals surface area contributed by atoms with Crippen LogP contribution in [0.5, 0.6) is 5.75 Å². The number of ether oxygens (including phenoxy) is 2. The molecule has 4 heterocycles. The Bertz CT molecular complexity index is 1620. The SMILES string of the molecule is CCC[CH2][Sn]([CH2]CCC)([CH2]CCC)[c]1ncco1.COc1cccnc1-c1cc(Cl)cc2nc(N3CCN(C(=O)OC(C)(C)C)C[C@@H]3C)oc12. The van der Waals surface area contributed by atoms with E-state index in [1.807, 2.05) is 50.9 Å². The third-order valence-electron chi connectivity index (χ3n) is 9.13. The van der Waals surface area contributed by atoms with Crippen molar-refractivity contribution in [3.63, 3.8) is 0 Å². The first-order valence-corrected chi connectivity index (χ1v) is 26.0. The number of benzene rings is 1. The molecule has 1 aromatic carbocycles.